The summed E-state index contributed by atoms with van der Waals surface area (Å²) >= 11 is 0. The largest absolute Gasteiger partial charge is 0.443 e. The quantitative estimate of drug-likeness (QED) is 0.174. The Bertz CT molecular complexity index is 1450. The standard InChI is InChI=1S/C32H43N5O7/c1-18(35-17-19-10-6-5-7-11-19)22(36-30(41)25(34)29-28(40)27(39)26(38)24(16-33)43-29)15-21-14-20-12-8-9-13-23(20)37(21)31(42)44-32(2,3)4/h5-14,22,24-29,35,38-40H,1,15-17,33-34H2,2-4H3,(H,36,41)/t22-,24?,25?,26+,27?,28?,29-/m0/s1. The average Bonchev–Trinajstić information content (AvgIpc) is 3.36. The predicted octanol–water partition coefficient (Wildman–Crippen LogP) is 0.891. The smallest absolute Gasteiger partial charge is 0.419 e. The molecule has 4 unspecified atom stereocenters. The molecule has 1 fully saturated rings. The summed E-state index contributed by atoms with van der Waals surface area (Å²) < 4.78 is 12.8. The number of nitrogens with zero attached hydrogens (tertiary/aromatic N) is 1. The zero-order valence-corrected chi connectivity index (χ0v) is 25.2. The molecule has 0 radical (unpaired) electrons. The SMILES string of the molecule is C=C(NCc1ccccc1)[C@H](Cc1cc2ccccc2n1C(=O)OC(C)(C)C)NC(=O)C(N)[C@@H]1OC(CN)[C@@H](O)C(O)C1O. The maximum atomic E-state index is 13.6. The van der Waals surface area contributed by atoms with E-state index in [9.17, 15) is 24.9 Å². The number of aliphatic hydroxyl groups excluding tert-OH is 3. The van der Waals surface area contributed by atoms with Crippen molar-refractivity contribution >= 4 is 22.9 Å². The molecule has 4 rings (SSSR count). The Morgan fingerprint density at radius 3 is 2.36 bits per heavy atom. The van der Waals surface area contributed by atoms with E-state index < -0.39 is 60.2 Å². The number of nitrogens with two attached hydrogens (primary N) is 2. The number of ether oxygens (including phenoxy) is 2. The lowest BCUT2D eigenvalue weighted by Crippen LogP contribution is -2.66. The molecule has 1 saturated heterocycles. The number of carbonyl (C=O) groups excluding carboxylic acids is 2. The zero-order valence-electron chi connectivity index (χ0n) is 25.2. The van der Waals surface area contributed by atoms with Crippen molar-refractivity contribution in [1.29, 1.82) is 0 Å². The molecule has 44 heavy (non-hydrogen) atoms. The van der Waals surface area contributed by atoms with E-state index in [1.165, 1.54) is 4.57 Å². The van der Waals surface area contributed by atoms with Gasteiger partial charge in [0.25, 0.3) is 0 Å². The molecule has 3 aromatic rings. The van der Waals surface area contributed by atoms with Crippen LogP contribution in [0.2, 0.25) is 0 Å². The van der Waals surface area contributed by atoms with Gasteiger partial charge in [-0.25, -0.2) is 9.36 Å². The highest BCUT2D eigenvalue weighted by Crippen LogP contribution is 2.25. The number of nitrogens with one attached hydrogen (secondary N) is 2. The molecule has 2 heterocycles. The van der Waals surface area contributed by atoms with Crippen LogP contribution in [0.25, 0.3) is 10.9 Å². The molecule has 238 valence electrons. The Balaban J connectivity index is 1.63. The minimum absolute atomic E-state index is 0.119. The molecule has 1 amide bonds. The van der Waals surface area contributed by atoms with Gasteiger partial charge in [0.05, 0.1) is 17.7 Å². The summed E-state index contributed by atoms with van der Waals surface area (Å²) in [6.07, 6.45) is -7.51. The van der Waals surface area contributed by atoms with E-state index in [0.29, 0.717) is 23.5 Å². The zero-order chi connectivity index (χ0) is 32.2. The second-order valence-corrected chi connectivity index (χ2v) is 12.0. The minimum Gasteiger partial charge on any atom is -0.443 e. The van der Waals surface area contributed by atoms with Gasteiger partial charge in [0.2, 0.25) is 5.91 Å². The Labute approximate surface area is 256 Å². The summed E-state index contributed by atoms with van der Waals surface area (Å²) in [6.45, 7) is 9.78. The first-order chi connectivity index (χ1) is 20.8. The molecular formula is C32H43N5O7. The number of aliphatic hydroxyl groups is 3. The lowest BCUT2D eigenvalue weighted by atomic mass is 9.91. The Morgan fingerprint density at radius 1 is 1.05 bits per heavy atom. The van der Waals surface area contributed by atoms with Crippen molar-refractivity contribution in [3.63, 3.8) is 0 Å². The maximum Gasteiger partial charge on any atom is 0.419 e. The molecule has 0 bridgehead atoms. The van der Waals surface area contributed by atoms with Crippen LogP contribution in [0.1, 0.15) is 32.0 Å². The summed E-state index contributed by atoms with van der Waals surface area (Å²) in [6, 6.07) is 16.6. The van der Waals surface area contributed by atoms with Gasteiger partial charge < -0.3 is 46.9 Å². The van der Waals surface area contributed by atoms with Crippen LogP contribution < -0.4 is 22.1 Å². The fourth-order valence-corrected chi connectivity index (χ4v) is 5.18. The van der Waals surface area contributed by atoms with Crippen LogP contribution in [0.5, 0.6) is 0 Å². The molecule has 12 nitrogen and oxygen atoms in total. The van der Waals surface area contributed by atoms with E-state index in [1.807, 2.05) is 60.7 Å². The summed E-state index contributed by atoms with van der Waals surface area (Å²) in [4.78, 5) is 27.0. The molecule has 0 saturated carbocycles. The summed E-state index contributed by atoms with van der Waals surface area (Å²) in [5.74, 6) is -0.707. The van der Waals surface area contributed by atoms with E-state index in [-0.39, 0.29) is 13.0 Å². The second kappa shape index (κ2) is 13.9. The van der Waals surface area contributed by atoms with E-state index >= 15 is 0 Å². The highest BCUT2D eigenvalue weighted by Gasteiger charge is 2.47. The van der Waals surface area contributed by atoms with E-state index in [1.54, 1.807) is 20.8 Å². The number of aromatic nitrogens is 1. The van der Waals surface area contributed by atoms with Crippen molar-refractivity contribution in [3.8, 4) is 0 Å². The summed E-state index contributed by atoms with van der Waals surface area (Å²) in [5.41, 5.74) is 13.8. The van der Waals surface area contributed by atoms with Gasteiger partial charge in [0, 0.05) is 36.3 Å². The summed E-state index contributed by atoms with van der Waals surface area (Å²) in [7, 11) is 0. The molecule has 1 aromatic heterocycles. The third-order valence-electron chi connectivity index (χ3n) is 7.51. The molecule has 2 aromatic carbocycles. The minimum atomic E-state index is -1.64. The topological polar surface area (TPSA) is 194 Å². The van der Waals surface area contributed by atoms with E-state index in [4.69, 9.17) is 20.9 Å². The van der Waals surface area contributed by atoms with Crippen LogP contribution in [0, 0.1) is 0 Å². The third kappa shape index (κ3) is 7.65. The van der Waals surface area contributed by atoms with Gasteiger partial charge in [-0.05, 0) is 38.5 Å². The summed E-state index contributed by atoms with van der Waals surface area (Å²) in [5, 5.41) is 38.0. The number of rotatable bonds is 10. The number of amides is 1. The van der Waals surface area contributed by atoms with Crippen molar-refractivity contribution in [2.45, 2.75) is 81.9 Å². The van der Waals surface area contributed by atoms with Crippen molar-refractivity contribution < 1.29 is 34.4 Å². The second-order valence-electron chi connectivity index (χ2n) is 12.0. The monoisotopic (exact) mass is 609 g/mol. The highest BCUT2D eigenvalue weighted by molar-refractivity contribution is 5.91. The van der Waals surface area contributed by atoms with Crippen LogP contribution in [0.4, 0.5) is 4.79 Å². The van der Waals surface area contributed by atoms with Crippen LogP contribution in [0.3, 0.4) is 0 Å². The lowest BCUT2D eigenvalue weighted by Gasteiger charge is -2.42. The number of benzene rings is 2. The molecule has 1 aliphatic heterocycles. The predicted molar refractivity (Wildman–Crippen MR) is 165 cm³/mol. The fourth-order valence-electron chi connectivity index (χ4n) is 5.18. The van der Waals surface area contributed by atoms with Crippen LogP contribution in [-0.2, 0) is 27.2 Å². The first kappa shape index (κ1) is 33.1. The van der Waals surface area contributed by atoms with Crippen LogP contribution >= 0.6 is 0 Å². The fraction of sp³-hybridized carbons (Fsp3) is 0.438. The Morgan fingerprint density at radius 2 is 1.70 bits per heavy atom. The van der Waals surface area contributed by atoms with Gasteiger partial charge in [-0.15, -0.1) is 0 Å². The van der Waals surface area contributed by atoms with Crippen molar-refractivity contribution in [3.05, 3.63) is 84.2 Å². The Hall–Kier alpha value is -3.78. The van der Waals surface area contributed by atoms with Crippen molar-refractivity contribution in [2.24, 2.45) is 11.5 Å². The number of hydrogen-bond acceptors (Lipinski definition) is 10. The molecule has 0 spiro atoms. The van der Waals surface area contributed by atoms with Gasteiger partial charge in [0.15, 0.2) is 0 Å². The maximum absolute atomic E-state index is 13.6. The van der Waals surface area contributed by atoms with Crippen molar-refractivity contribution in [2.75, 3.05) is 6.54 Å². The number of para-hydroxylation sites is 1. The first-order valence-electron chi connectivity index (χ1n) is 14.6. The number of carbonyl (C=O) groups is 2. The first-order valence-corrected chi connectivity index (χ1v) is 14.6. The lowest BCUT2D eigenvalue weighted by molar-refractivity contribution is -0.223. The van der Waals surface area contributed by atoms with Crippen molar-refractivity contribution in [1.82, 2.24) is 15.2 Å². The number of hydrogen-bond donors (Lipinski definition) is 7. The average molecular weight is 610 g/mol. The van der Waals surface area contributed by atoms with Gasteiger partial charge in [-0.2, -0.15) is 0 Å². The Kier molecular flexibility index (Phi) is 10.5. The number of fused-ring (bicyclic) bond motifs is 1. The van der Waals surface area contributed by atoms with Crippen LogP contribution in [-0.4, -0.2) is 86.6 Å². The molecule has 12 heteroatoms. The normalized spacial score (nSPS) is 23.5. The van der Waals surface area contributed by atoms with Gasteiger partial charge >= 0.3 is 6.09 Å². The van der Waals surface area contributed by atoms with E-state index in [2.05, 4.69) is 17.2 Å². The van der Waals surface area contributed by atoms with E-state index in [0.717, 1.165) is 10.9 Å². The third-order valence-corrected chi connectivity index (χ3v) is 7.51. The van der Waals surface area contributed by atoms with Gasteiger partial charge in [-0.1, -0.05) is 55.1 Å². The molecule has 7 atom stereocenters. The molecule has 0 aliphatic carbocycles. The molecular weight excluding hydrogens is 566 g/mol. The van der Waals surface area contributed by atoms with Gasteiger partial charge in [0.1, 0.15) is 36.1 Å². The van der Waals surface area contributed by atoms with Crippen LogP contribution in [0.15, 0.2) is 72.9 Å². The highest BCUT2D eigenvalue weighted by atomic mass is 16.6. The molecule has 1 aliphatic rings. The molecule has 9 N–H and O–H groups in total. The van der Waals surface area contributed by atoms with Gasteiger partial charge in [-0.3, -0.25) is 4.79 Å².